The summed E-state index contributed by atoms with van der Waals surface area (Å²) in [4.78, 5) is 0. The van der Waals surface area contributed by atoms with Gasteiger partial charge in [-0.2, -0.15) is 0 Å². The summed E-state index contributed by atoms with van der Waals surface area (Å²) in [7, 11) is 0. The van der Waals surface area contributed by atoms with Crippen molar-refractivity contribution in [2.75, 3.05) is 0 Å². The zero-order valence-electron chi connectivity index (χ0n) is 13.9. The molecule has 0 N–H and O–H groups in total. The van der Waals surface area contributed by atoms with Crippen molar-refractivity contribution < 1.29 is 0 Å². The van der Waals surface area contributed by atoms with Gasteiger partial charge in [-0.15, -0.1) is 0 Å². The maximum absolute atomic E-state index is 2.58. The summed E-state index contributed by atoms with van der Waals surface area (Å²) in [6, 6.07) is 6.88. The summed E-state index contributed by atoms with van der Waals surface area (Å²) in [5.41, 5.74) is 7.98. The SMILES string of the molecule is CC(C)(c1cccc2c1C=CC2)C1C=C2CCCCCC2=C1. The third-order valence-corrected chi connectivity index (χ3v) is 5.91. The lowest BCUT2D eigenvalue weighted by Gasteiger charge is -2.32. The molecule has 4 rings (SSSR count). The Kier molecular flexibility index (Phi) is 3.36. The van der Waals surface area contributed by atoms with Crippen LogP contribution in [0.5, 0.6) is 0 Å². The Balaban J connectivity index is 1.72. The van der Waals surface area contributed by atoms with Gasteiger partial charge >= 0.3 is 0 Å². The molecular weight excluding hydrogens is 264 g/mol. The maximum Gasteiger partial charge on any atom is 0.00503 e. The van der Waals surface area contributed by atoms with Gasteiger partial charge in [0.25, 0.3) is 0 Å². The fourth-order valence-corrected chi connectivity index (χ4v) is 4.44. The molecule has 1 fully saturated rings. The fraction of sp³-hybridized carbons (Fsp3) is 0.455. The molecule has 0 unspecified atom stereocenters. The third kappa shape index (κ3) is 2.20. The van der Waals surface area contributed by atoms with Gasteiger partial charge in [0, 0.05) is 11.3 Å². The average Bonchev–Trinajstić information content (AvgIpc) is 3.09. The third-order valence-electron chi connectivity index (χ3n) is 5.91. The molecule has 0 spiro atoms. The Morgan fingerprint density at radius 1 is 0.955 bits per heavy atom. The molecule has 0 amide bonds. The molecule has 0 heterocycles. The van der Waals surface area contributed by atoms with Crippen molar-refractivity contribution in [2.24, 2.45) is 5.92 Å². The van der Waals surface area contributed by atoms with Gasteiger partial charge < -0.3 is 0 Å². The van der Waals surface area contributed by atoms with Crippen LogP contribution in [0, 0.1) is 5.92 Å². The summed E-state index contributed by atoms with van der Waals surface area (Å²) in [6.07, 6.45) is 17.7. The van der Waals surface area contributed by atoms with E-state index in [2.05, 4.69) is 56.4 Å². The zero-order chi connectivity index (χ0) is 15.2. The first kappa shape index (κ1) is 14.1. The Labute approximate surface area is 134 Å². The summed E-state index contributed by atoms with van der Waals surface area (Å²) < 4.78 is 0. The molecule has 0 aromatic heterocycles. The van der Waals surface area contributed by atoms with E-state index in [1.54, 1.807) is 11.1 Å². The summed E-state index contributed by atoms with van der Waals surface area (Å²) >= 11 is 0. The highest BCUT2D eigenvalue weighted by Gasteiger charge is 2.34. The zero-order valence-corrected chi connectivity index (χ0v) is 13.9. The molecule has 1 aromatic rings. The molecular formula is C22H26. The molecule has 3 aliphatic carbocycles. The summed E-state index contributed by atoms with van der Waals surface area (Å²) in [6.45, 7) is 4.86. The summed E-state index contributed by atoms with van der Waals surface area (Å²) in [5, 5.41) is 0. The van der Waals surface area contributed by atoms with Gasteiger partial charge in [0.05, 0.1) is 0 Å². The maximum atomic E-state index is 2.58. The van der Waals surface area contributed by atoms with Crippen molar-refractivity contribution >= 4 is 6.08 Å². The van der Waals surface area contributed by atoms with E-state index in [1.165, 1.54) is 48.8 Å². The van der Waals surface area contributed by atoms with Crippen molar-refractivity contribution in [1.29, 1.82) is 0 Å². The lowest BCUT2D eigenvalue weighted by Crippen LogP contribution is -2.26. The Hall–Kier alpha value is -1.56. The molecule has 114 valence electrons. The molecule has 0 aliphatic heterocycles. The largest absolute Gasteiger partial charge is 0.0795 e. The molecule has 0 atom stereocenters. The van der Waals surface area contributed by atoms with Crippen LogP contribution in [0.4, 0.5) is 0 Å². The monoisotopic (exact) mass is 290 g/mol. The van der Waals surface area contributed by atoms with Crippen LogP contribution in [0.25, 0.3) is 6.08 Å². The van der Waals surface area contributed by atoms with Gasteiger partial charge in [-0.3, -0.25) is 0 Å². The van der Waals surface area contributed by atoms with E-state index in [9.17, 15) is 0 Å². The van der Waals surface area contributed by atoms with Crippen LogP contribution in [-0.4, -0.2) is 0 Å². The molecule has 1 aromatic carbocycles. The van der Waals surface area contributed by atoms with Crippen LogP contribution in [0.3, 0.4) is 0 Å². The van der Waals surface area contributed by atoms with Crippen LogP contribution in [0.2, 0.25) is 0 Å². The first-order valence-electron chi connectivity index (χ1n) is 8.87. The van der Waals surface area contributed by atoms with E-state index in [0.29, 0.717) is 5.92 Å². The number of fused-ring (bicyclic) bond motifs is 2. The van der Waals surface area contributed by atoms with Crippen molar-refractivity contribution in [3.8, 4) is 0 Å². The van der Waals surface area contributed by atoms with Crippen LogP contribution in [0.15, 0.2) is 47.6 Å². The van der Waals surface area contributed by atoms with Crippen LogP contribution >= 0.6 is 0 Å². The highest BCUT2D eigenvalue weighted by Crippen LogP contribution is 2.44. The van der Waals surface area contributed by atoms with E-state index >= 15 is 0 Å². The lowest BCUT2D eigenvalue weighted by molar-refractivity contribution is 0.445. The van der Waals surface area contributed by atoms with Gasteiger partial charge in [-0.25, -0.2) is 0 Å². The Morgan fingerprint density at radius 3 is 2.41 bits per heavy atom. The minimum absolute atomic E-state index is 0.173. The predicted molar refractivity (Wildman–Crippen MR) is 94.9 cm³/mol. The topological polar surface area (TPSA) is 0 Å². The van der Waals surface area contributed by atoms with Gasteiger partial charge in [0.15, 0.2) is 0 Å². The van der Waals surface area contributed by atoms with E-state index < -0.39 is 0 Å². The second-order valence-corrected chi connectivity index (χ2v) is 7.68. The summed E-state index contributed by atoms with van der Waals surface area (Å²) in [5.74, 6) is 0.552. The number of allylic oxidation sites excluding steroid dienone is 5. The van der Waals surface area contributed by atoms with Gasteiger partial charge in [-0.1, -0.05) is 62.8 Å². The minimum Gasteiger partial charge on any atom is -0.0795 e. The van der Waals surface area contributed by atoms with Crippen LogP contribution in [-0.2, 0) is 11.8 Å². The number of rotatable bonds is 2. The highest BCUT2D eigenvalue weighted by molar-refractivity contribution is 5.65. The second-order valence-electron chi connectivity index (χ2n) is 7.68. The first-order valence-corrected chi connectivity index (χ1v) is 8.87. The van der Waals surface area contributed by atoms with Crippen molar-refractivity contribution in [1.82, 2.24) is 0 Å². The Morgan fingerprint density at radius 2 is 1.68 bits per heavy atom. The molecule has 3 aliphatic rings. The first-order chi connectivity index (χ1) is 10.7. The molecule has 0 radical (unpaired) electrons. The quantitative estimate of drug-likeness (QED) is 0.628. The smallest absolute Gasteiger partial charge is 0.00503 e. The lowest BCUT2D eigenvalue weighted by atomic mass is 9.71. The van der Waals surface area contributed by atoms with Crippen LogP contribution in [0.1, 0.15) is 62.6 Å². The van der Waals surface area contributed by atoms with E-state index in [4.69, 9.17) is 0 Å². The average molecular weight is 290 g/mol. The van der Waals surface area contributed by atoms with Crippen molar-refractivity contribution in [3.05, 3.63) is 64.3 Å². The molecule has 0 nitrogen and oxygen atoms in total. The van der Waals surface area contributed by atoms with Gasteiger partial charge in [-0.05, 0) is 59.9 Å². The fourth-order valence-electron chi connectivity index (χ4n) is 4.44. The molecule has 22 heavy (non-hydrogen) atoms. The second kappa shape index (κ2) is 5.26. The number of hydrogen-bond donors (Lipinski definition) is 0. The van der Waals surface area contributed by atoms with Crippen molar-refractivity contribution in [2.45, 2.75) is 57.8 Å². The molecule has 0 saturated heterocycles. The van der Waals surface area contributed by atoms with Gasteiger partial charge in [0.2, 0.25) is 0 Å². The number of hydrogen-bond acceptors (Lipinski definition) is 0. The molecule has 0 heteroatoms. The van der Waals surface area contributed by atoms with E-state index in [1.807, 2.05) is 0 Å². The van der Waals surface area contributed by atoms with E-state index in [-0.39, 0.29) is 5.41 Å². The predicted octanol–water partition coefficient (Wildman–Crippen LogP) is 5.98. The van der Waals surface area contributed by atoms with Crippen molar-refractivity contribution in [3.63, 3.8) is 0 Å². The molecule has 0 bridgehead atoms. The van der Waals surface area contributed by atoms with Gasteiger partial charge in [0.1, 0.15) is 0 Å². The van der Waals surface area contributed by atoms with Crippen LogP contribution < -0.4 is 0 Å². The standard InChI is InChI=1S/C22H26/c1-22(2,21-13-7-11-16-10-6-12-20(16)21)19-14-17-8-4-3-5-9-18(17)15-19/h6-7,11-15,19H,3-5,8-10H2,1-2H3. The van der Waals surface area contributed by atoms with E-state index in [0.717, 1.165) is 6.42 Å². The minimum atomic E-state index is 0.173. The highest BCUT2D eigenvalue weighted by atomic mass is 14.4. The normalized spacial score (nSPS) is 21.2. The number of benzene rings is 1. The Bertz CT molecular complexity index is 660. The molecule has 1 saturated carbocycles.